The molecule has 1 heterocycles. The zero-order valence-corrected chi connectivity index (χ0v) is 8.83. The van der Waals surface area contributed by atoms with Crippen LogP contribution in [0.15, 0.2) is 4.42 Å². The van der Waals surface area contributed by atoms with Crippen LogP contribution in [0.1, 0.15) is 23.3 Å². The first-order valence-electron chi connectivity index (χ1n) is 4.06. The van der Waals surface area contributed by atoms with Crippen LogP contribution >= 0.6 is 11.6 Å². The highest BCUT2D eigenvalue weighted by atomic mass is 35.5. The molecule has 82 valence electrons. The Morgan fingerprint density at radius 3 is 2.73 bits per heavy atom. The Morgan fingerprint density at radius 2 is 2.20 bits per heavy atom. The van der Waals surface area contributed by atoms with E-state index in [-0.39, 0.29) is 24.1 Å². The number of esters is 1. The van der Waals surface area contributed by atoms with Crippen molar-refractivity contribution in [3.8, 4) is 5.95 Å². The van der Waals surface area contributed by atoms with E-state index in [0.717, 1.165) is 0 Å². The molecule has 0 aliphatic heterocycles. The van der Waals surface area contributed by atoms with E-state index >= 15 is 0 Å². The van der Waals surface area contributed by atoms with Gasteiger partial charge in [0.1, 0.15) is 0 Å². The molecule has 0 radical (unpaired) electrons. The van der Waals surface area contributed by atoms with Crippen molar-refractivity contribution in [2.75, 3.05) is 6.61 Å². The van der Waals surface area contributed by atoms with Crippen molar-refractivity contribution in [1.29, 1.82) is 0 Å². The van der Waals surface area contributed by atoms with Gasteiger partial charge in [-0.1, -0.05) is 0 Å². The van der Waals surface area contributed by atoms with Crippen molar-refractivity contribution in [3.05, 3.63) is 11.6 Å². The van der Waals surface area contributed by atoms with Crippen molar-refractivity contribution >= 4 is 23.0 Å². The number of nitrogens with zero attached hydrogens (tertiary/aromatic N) is 1. The van der Waals surface area contributed by atoms with Crippen LogP contribution in [0.5, 0.6) is 5.95 Å². The van der Waals surface area contributed by atoms with E-state index in [2.05, 4.69) is 14.5 Å². The predicted octanol–water partition coefficient (Wildman–Crippen LogP) is 1.90. The van der Waals surface area contributed by atoms with Gasteiger partial charge in [-0.25, -0.2) is 14.6 Å². The highest BCUT2D eigenvalue weighted by molar-refractivity contribution is 6.61. The first-order valence-corrected chi connectivity index (χ1v) is 4.44. The van der Waals surface area contributed by atoms with Gasteiger partial charge < -0.3 is 13.9 Å². The fourth-order valence-corrected chi connectivity index (χ4v) is 0.949. The fraction of sp³-hybridized carbons (Fsp3) is 0.375. The summed E-state index contributed by atoms with van der Waals surface area (Å²) in [6.07, 6.45) is 0. The third kappa shape index (κ3) is 2.95. The van der Waals surface area contributed by atoms with Crippen molar-refractivity contribution in [1.82, 2.24) is 4.98 Å². The molecule has 0 saturated heterocycles. The molecule has 15 heavy (non-hydrogen) atoms. The number of hydrogen-bond donors (Lipinski definition) is 0. The second kappa shape index (κ2) is 4.79. The van der Waals surface area contributed by atoms with Crippen molar-refractivity contribution in [2.24, 2.45) is 0 Å². The van der Waals surface area contributed by atoms with Gasteiger partial charge in [-0.2, -0.15) is 0 Å². The molecule has 6 nitrogen and oxygen atoms in total. The van der Waals surface area contributed by atoms with Crippen LogP contribution in [0.3, 0.4) is 0 Å². The number of rotatable bonds is 3. The van der Waals surface area contributed by atoms with E-state index < -0.39 is 11.4 Å². The first kappa shape index (κ1) is 11.5. The lowest BCUT2D eigenvalue weighted by Crippen LogP contribution is -2.08. The number of aryl methyl sites for hydroxylation is 1. The van der Waals surface area contributed by atoms with Gasteiger partial charge in [-0.15, -0.1) is 0 Å². The second-order valence-electron chi connectivity index (χ2n) is 2.43. The van der Waals surface area contributed by atoms with E-state index in [1.807, 2.05) is 0 Å². The smallest absolute Gasteiger partial charge is 0.411 e. The minimum absolute atomic E-state index is 0.172. The summed E-state index contributed by atoms with van der Waals surface area (Å²) in [6.45, 7) is 3.31. The summed E-state index contributed by atoms with van der Waals surface area (Å²) in [5, 5.41) is 0. The van der Waals surface area contributed by atoms with Crippen molar-refractivity contribution in [2.45, 2.75) is 13.8 Å². The fourth-order valence-electron chi connectivity index (χ4n) is 0.879. The summed E-state index contributed by atoms with van der Waals surface area (Å²) in [6, 6.07) is 0. The molecule has 0 amide bonds. The van der Waals surface area contributed by atoms with Gasteiger partial charge in [0.2, 0.25) is 5.69 Å². The lowest BCUT2D eigenvalue weighted by atomic mass is 10.5. The molecule has 0 saturated carbocycles. The van der Waals surface area contributed by atoms with Crippen LogP contribution in [0.2, 0.25) is 0 Å². The summed E-state index contributed by atoms with van der Waals surface area (Å²) in [5.41, 5.74) is -1.32. The molecular weight excluding hydrogens is 226 g/mol. The topological polar surface area (TPSA) is 78.6 Å². The number of halogens is 1. The first-order chi connectivity index (χ1) is 7.04. The lowest BCUT2D eigenvalue weighted by molar-refractivity contribution is 0.0515. The Hall–Kier alpha value is -1.56. The third-order valence-electron chi connectivity index (χ3n) is 1.34. The van der Waals surface area contributed by atoms with Crippen LogP contribution in [-0.2, 0) is 4.74 Å². The predicted molar refractivity (Wildman–Crippen MR) is 49.1 cm³/mol. The van der Waals surface area contributed by atoms with Gasteiger partial charge in [0.25, 0.3) is 0 Å². The molecule has 0 aliphatic rings. The number of aromatic nitrogens is 1. The Kier molecular flexibility index (Phi) is 3.68. The van der Waals surface area contributed by atoms with E-state index in [1.165, 1.54) is 6.92 Å². The maximum Gasteiger partial charge on any atom is 0.411 e. The third-order valence-corrected chi connectivity index (χ3v) is 1.42. The Morgan fingerprint density at radius 1 is 1.53 bits per heavy atom. The van der Waals surface area contributed by atoms with Gasteiger partial charge in [0.05, 0.1) is 6.61 Å². The number of oxazole rings is 1. The maximum absolute atomic E-state index is 11.3. The van der Waals surface area contributed by atoms with Crippen LogP contribution in [0.25, 0.3) is 0 Å². The van der Waals surface area contributed by atoms with E-state index in [4.69, 9.17) is 16.0 Å². The summed E-state index contributed by atoms with van der Waals surface area (Å²) in [5.74, 6) is -0.917. The molecule has 0 bridgehead atoms. The zero-order valence-electron chi connectivity index (χ0n) is 8.07. The molecule has 0 unspecified atom stereocenters. The number of carbonyl (C=O) groups excluding carboxylic acids is 2. The molecule has 0 aliphatic carbocycles. The number of hydrogen-bond acceptors (Lipinski definition) is 6. The molecule has 0 atom stereocenters. The summed E-state index contributed by atoms with van der Waals surface area (Å²) in [7, 11) is 0. The minimum atomic E-state index is -1.11. The molecule has 0 aromatic carbocycles. The second-order valence-corrected chi connectivity index (χ2v) is 2.74. The monoisotopic (exact) mass is 233 g/mol. The highest BCUT2D eigenvalue weighted by Gasteiger charge is 2.23. The van der Waals surface area contributed by atoms with Gasteiger partial charge >= 0.3 is 17.3 Å². The summed E-state index contributed by atoms with van der Waals surface area (Å²) in [4.78, 5) is 25.4. The zero-order chi connectivity index (χ0) is 11.4. The van der Waals surface area contributed by atoms with Crippen LogP contribution in [0, 0.1) is 6.92 Å². The summed E-state index contributed by atoms with van der Waals surface area (Å²) < 4.78 is 14.0. The molecule has 7 heteroatoms. The molecule has 0 fully saturated rings. The highest BCUT2D eigenvalue weighted by Crippen LogP contribution is 2.21. The Bertz CT molecular complexity index is 386. The van der Waals surface area contributed by atoms with E-state index in [1.54, 1.807) is 6.92 Å². The minimum Gasteiger partial charge on any atom is -0.461 e. The van der Waals surface area contributed by atoms with Crippen molar-refractivity contribution < 1.29 is 23.5 Å². The average Bonchev–Trinajstić information content (AvgIpc) is 2.46. The van der Waals surface area contributed by atoms with Gasteiger partial charge in [0.15, 0.2) is 5.89 Å². The number of ether oxygens (including phenoxy) is 2. The van der Waals surface area contributed by atoms with Crippen molar-refractivity contribution in [3.63, 3.8) is 0 Å². The maximum atomic E-state index is 11.3. The average molecular weight is 234 g/mol. The molecule has 0 spiro atoms. The standard InChI is InChI=1S/C8H8ClNO5/c1-3-13-6(11)5-7(15-8(9)12)14-4(2)10-5/h3H2,1-2H3. The normalized spacial score (nSPS) is 9.80. The van der Waals surface area contributed by atoms with Gasteiger partial charge in [0, 0.05) is 18.5 Å². The molecule has 1 aromatic rings. The van der Waals surface area contributed by atoms with Gasteiger partial charge in [-0.05, 0) is 6.92 Å². The quantitative estimate of drug-likeness (QED) is 0.586. The van der Waals surface area contributed by atoms with Crippen LogP contribution in [-0.4, -0.2) is 23.0 Å². The SMILES string of the molecule is CCOC(=O)c1nc(C)oc1OC(=O)Cl. The van der Waals surface area contributed by atoms with Crippen LogP contribution in [0.4, 0.5) is 4.79 Å². The summed E-state index contributed by atoms with van der Waals surface area (Å²) >= 11 is 4.97. The molecule has 1 aromatic heterocycles. The lowest BCUT2D eigenvalue weighted by Gasteiger charge is -1.98. The molecule has 0 N–H and O–H groups in total. The van der Waals surface area contributed by atoms with E-state index in [0.29, 0.717) is 0 Å². The van der Waals surface area contributed by atoms with Crippen LogP contribution < -0.4 is 4.74 Å². The molecule has 1 rings (SSSR count). The number of carbonyl (C=O) groups is 2. The van der Waals surface area contributed by atoms with E-state index in [9.17, 15) is 9.59 Å². The largest absolute Gasteiger partial charge is 0.461 e. The van der Waals surface area contributed by atoms with Gasteiger partial charge in [-0.3, -0.25) is 0 Å². The molecular formula is C8H8ClNO5. The Balaban J connectivity index is 2.95. The Labute approximate surface area is 90.1 Å².